The fourth-order valence-electron chi connectivity index (χ4n) is 3.53. The monoisotopic (exact) mass is 501 g/mol. The van der Waals surface area contributed by atoms with Crippen LogP contribution in [-0.4, -0.2) is 15.6 Å². The first-order chi connectivity index (χ1) is 15.8. The van der Waals surface area contributed by atoms with Gasteiger partial charge in [-0.2, -0.15) is 0 Å². The number of halogens is 2. The molecule has 172 valence electrons. The van der Waals surface area contributed by atoms with Crippen molar-refractivity contribution >= 4 is 41.2 Å². The Kier molecular flexibility index (Phi) is 9.01. The van der Waals surface area contributed by atoms with Crippen LogP contribution in [0.2, 0.25) is 10.0 Å². The molecule has 4 rings (SSSR count). The van der Waals surface area contributed by atoms with E-state index in [1.54, 1.807) is 12.1 Å². The van der Waals surface area contributed by atoms with E-state index in [2.05, 4.69) is 5.32 Å². The van der Waals surface area contributed by atoms with Crippen molar-refractivity contribution in [2.24, 2.45) is 0 Å². The second-order valence-electron chi connectivity index (χ2n) is 7.84. The zero-order valence-corrected chi connectivity index (χ0v) is 20.6. The van der Waals surface area contributed by atoms with E-state index in [1.165, 1.54) is 5.56 Å². The predicted octanol–water partition coefficient (Wildman–Crippen LogP) is 7.65. The molecule has 7 heteroatoms. The van der Waals surface area contributed by atoms with Gasteiger partial charge in [-0.1, -0.05) is 82.9 Å². The number of rotatable bonds is 4. The fourth-order valence-corrected chi connectivity index (χ4v) is 4.09. The third kappa shape index (κ3) is 6.85. The summed E-state index contributed by atoms with van der Waals surface area (Å²) in [6, 6.07) is 20.7. The van der Waals surface area contributed by atoms with Crippen LogP contribution in [0.4, 0.5) is 0 Å². The highest BCUT2D eigenvalue weighted by atomic mass is 35.5. The molecule has 3 N–H and O–H groups in total. The quantitative estimate of drug-likeness (QED) is 0.320. The number of carboxylic acids is 1. The van der Waals surface area contributed by atoms with E-state index >= 15 is 0 Å². The Morgan fingerprint density at radius 1 is 0.909 bits per heavy atom. The van der Waals surface area contributed by atoms with E-state index in [-0.39, 0.29) is 12.1 Å². The summed E-state index contributed by atoms with van der Waals surface area (Å²) in [5.74, 6) is -0.902. The maximum absolute atomic E-state index is 11.6. The molecule has 3 aromatic carbocycles. The Balaban J connectivity index is 0.000000286. The molecule has 1 heterocycles. The highest BCUT2D eigenvalue weighted by Gasteiger charge is 2.29. The summed E-state index contributed by atoms with van der Waals surface area (Å²) in [6.07, 6.45) is 2.37. The summed E-state index contributed by atoms with van der Waals surface area (Å²) < 4.78 is 8.55. The lowest BCUT2D eigenvalue weighted by Gasteiger charge is -2.31. The molecular formula is C26H25Cl2NO3S. The standard InChI is InChI=1S/C19H17Cl2NO2.C7H8OS/c1-11-2-4-12(5-3-11)18-14(19(23)24)7-9-17(22-18)13-6-8-15(20)16(21)10-13;1-6-2-4-7(9-8)5-3-6/h2-8,10,17-18,22H,9H2,1H3,(H,23,24);2-5,8H,1H3. The highest BCUT2D eigenvalue weighted by molar-refractivity contribution is 7.93. The Bertz CT molecular complexity index is 1130. The summed E-state index contributed by atoms with van der Waals surface area (Å²) >= 11 is 12.9. The number of carbonyl (C=O) groups is 1. The van der Waals surface area contributed by atoms with Gasteiger partial charge in [0.1, 0.15) is 0 Å². The summed E-state index contributed by atoms with van der Waals surface area (Å²) in [7, 11) is 0. The van der Waals surface area contributed by atoms with Gasteiger partial charge in [0, 0.05) is 23.0 Å². The topological polar surface area (TPSA) is 69.6 Å². The molecule has 4 nitrogen and oxygen atoms in total. The average molecular weight is 502 g/mol. The first-order valence-corrected chi connectivity index (χ1v) is 11.9. The van der Waals surface area contributed by atoms with Crippen molar-refractivity contribution in [2.45, 2.75) is 37.2 Å². The molecular weight excluding hydrogens is 477 g/mol. The van der Waals surface area contributed by atoms with Crippen molar-refractivity contribution in [2.75, 3.05) is 0 Å². The van der Waals surface area contributed by atoms with Crippen LogP contribution in [0.5, 0.6) is 0 Å². The van der Waals surface area contributed by atoms with Crippen molar-refractivity contribution in [3.05, 3.63) is 111 Å². The molecule has 0 saturated heterocycles. The van der Waals surface area contributed by atoms with Crippen molar-refractivity contribution < 1.29 is 14.5 Å². The van der Waals surface area contributed by atoms with Crippen LogP contribution in [0.25, 0.3) is 0 Å². The zero-order valence-electron chi connectivity index (χ0n) is 18.3. The molecule has 3 aromatic rings. The summed E-state index contributed by atoms with van der Waals surface area (Å²) in [6.45, 7) is 4.02. The minimum atomic E-state index is -0.902. The average Bonchev–Trinajstić information content (AvgIpc) is 2.82. The van der Waals surface area contributed by atoms with Crippen LogP contribution in [0.15, 0.2) is 83.3 Å². The van der Waals surface area contributed by atoms with Crippen molar-refractivity contribution in [1.82, 2.24) is 5.32 Å². The minimum absolute atomic E-state index is 0.0193. The molecule has 0 aliphatic carbocycles. The number of nitrogens with one attached hydrogen (secondary N) is 1. The molecule has 2 unspecified atom stereocenters. The summed E-state index contributed by atoms with van der Waals surface area (Å²) in [4.78, 5) is 12.5. The van der Waals surface area contributed by atoms with Gasteiger partial charge in [-0.25, -0.2) is 4.79 Å². The molecule has 1 aliphatic rings. The van der Waals surface area contributed by atoms with Gasteiger partial charge in [0.15, 0.2) is 0 Å². The molecule has 1 aliphatic heterocycles. The Labute approximate surface area is 208 Å². The van der Waals surface area contributed by atoms with Gasteiger partial charge in [-0.3, -0.25) is 5.32 Å². The molecule has 0 spiro atoms. The van der Waals surface area contributed by atoms with Gasteiger partial charge >= 0.3 is 5.97 Å². The lowest BCUT2D eigenvalue weighted by atomic mass is 9.89. The second kappa shape index (κ2) is 11.7. The Morgan fingerprint density at radius 3 is 2.03 bits per heavy atom. The maximum atomic E-state index is 11.6. The number of carboxylic acid groups (broad SMARTS) is 1. The first-order valence-electron chi connectivity index (χ1n) is 10.4. The SMILES string of the molecule is Cc1ccc(C2NC(c3ccc(Cl)c(Cl)c3)CC=C2C(=O)O)cc1.Cc1ccc(SO)cc1. The van der Waals surface area contributed by atoms with Crippen molar-refractivity contribution in [3.8, 4) is 0 Å². The van der Waals surface area contributed by atoms with E-state index in [0.717, 1.165) is 33.6 Å². The van der Waals surface area contributed by atoms with Crippen LogP contribution in [-0.2, 0) is 4.79 Å². The molecule has 2 atom stereocenters. The van der Waals surface area contributed by atoms with E-state index in [0.29, 0.717) is 22.0 Å². The number of aliphatic carboxylic acids is 1. The minimum Gasteiger partial charge on any atom is -0.478 e. The molecule has 0 radical (unpaired) electrons. The molecule has 0 aromatic heterocycles. The highest BCUT2D eigenvalue weighted by Crippen LogP contribution is 2.35. The van der Waals surface area contributed by atoms with Crippen molar-refractivity contribution in [3.63, 3.8) is 0 Å². The molecule has 0 amide bonds. The second-order valence-corrected chi connectivity index (χ2v) is 9.31. The Morgan fingerprint density at radius 2 is 1.48 bits per heavy atom. The number of hydrogen-bond donors (Lipinski definition) is 3. The van der Waals surface area contributed by atoms with Crippen LogP contribution < -0.4 is 5.32 Å². The number of aryl methyl sites for hydroxylation is 2. The third-order valence-electron chi connectivity index (χ3n) is 5.38. The van der Waals surface area contributed by atoms with Gasteiger partial charge < -0.3 is 9.66 Å². The molecule has 0 bridgehead atoms. The lowest BCUT2D eigenvalue weighted by Crippen LogP contribution is -2.33. The van der Waals surface area contributed by atoms with Gasteiger partial charge in [0.25, 0.3) is 0 Å². The van der Waals surface area contributed by atoms with Crippen LogP contribution >= 0.6 is 35.2 Å². The predicted molar refractivity (Wildman–Crippen MR) is 136 cm³/mol. The number of hydrogen-bond acceptors (Lipinski definition) is 4. The van der Waals surface area contributed by atoms with E-state index in [4.69, 9.17) is 27.8 Å². The smallest absolute Gasteiger partial charge is 0.333 e. The van der Waals surface area contributed by atoms with E-state index in [1.807, 2.05) is 74.5 Å². The maximum Gasteiger partial charge on any atom is 0.333 e. The van der Waals surface area contributed by atoms with Crippen molar-refractivity contribution in [1.29, 1.82) is 0 Å². The molecule has 0 saturated carbocycles. The van der Waals surface area contributed by atoms with E-state index in [9.17, 15) is 9.90 Å². The Hall–Kier alpha value is -2.28. The van der Waals surface area contributed by atoms with Gasteiger partial charge in [-0.15, -0.1) is 0 Å². The number of benzene rings is 3. The molecule has 33 heavy (non-hydrogen) atoms. The van der Waals surface area contributed by atoms with Crippen LogP contribution in [0.3, 0.4) is 0 Å². The largest absolute Gasteiger partial charge is 0.478 e. The third-order valence-corrected chi connectivity index (χ3v) is 6.60. The molecule has 0 fully saturated rings. The summed E-state index contributed by atoms with van der Waals surface area (Å²) in [5, 5.41) is 14.0. The normalized spacial score (nSPS) is 17.5. The van der Waals surface area contributed by atoms with E-state index < -0.39 is 5.97 Å². The first kappa shape index (κ1) is 25.3. The fraction of sp³-hybridized carbons (Fsp3) is 0.192. The lowest BCUT2D eigenvalue weighted by molar-refractivity contribution is -0.133. The van der Waals surface area contributed by atoms with Gasteiger partial charge in [-0.05, 0) is 55.7 Å². The zero-order chi connectivity index (χ0) is 24.0. The van der Waals surface area contributed by atoms with Crippen LogP contribution in [0.1, 0.15) is 40.8 Å². The summed E-state index contributed by atoms with van der Waals surface area (Å²) in [5.41, 5.74) is 4.64. The van der Waals surface area contributed by atoms with Gasteiger partial charge in [0.2, 0.25) is 0 Å². The van der Waals surface area contributed by atoms with Crippen LogP contribution in [0, 0.1) is 13.8 Å². The van der Waals surface area contributed by atoms with Gasteiger partial charge in [0.05, 0.1) is 21.7 Å².